The van der Waals surface area contributed by atoms with E-state index in [2.05, 4.69) is 39.8 Å². The van der Waals surface area contributed by atoms with Gasteiger partial charge in [0.15, 0.2) is 11.6 Å². The molecule has 0 saturated carbocycles. The van der Waals surface area contributed by atoms with E-state index in [0.29, 0.717) is 48.0 Å². The van der Waals surface area contributed by atoms with Crippen LogP contribution in [0, 0.1) is 11.2 Å². The number of halogens is 1. The van der Waals surface area contributed by atoms with Crippen LogP contribution in [0.15, 0.2) is 36.7 Å². The predicted molar refractivity (Wildman–Crippen MR) is 132 cm³/mol. The number of hydrogen-bond donors (Lipinski definition) is 4. The van der Waals surface area contributed by atoms with Gasteiger partial charge in [-0.15, -0.1) is 0 Å². The summed E-state index contributed by atoms with van der Waals surface area (Å²) in [5.41, 5.74) is 3.94. The number of pyridine rings is 1. The molecule has 2 aromatic heterocycles. The van der Waals surface area contributed by atoms with Crippen LogP contribution in [0.4, 0.5) is 15.8 Å². The standard InChI is InChI=1S/C26H30FN5O3/c1-26(2)11-15(30-14-26)13-35-20-12-28-9-7-16(20)22-23(21-18(31-22)8-10-29-25(21)33)32-19-6-4-5-17(27)24(19)34-3/h4-7,9,12,15,30-32H,8,10-11,13-14H2,1-3H3,(H,29,33)/t15-/m0/s1. The Morgan fingerprint density at radius 2 is 2.14 bits per heavy atom. The minimum Gasteiger partial charge on any atom is -0.492 e. The van der Waals surface area contributed by atoms with Crippen molar-refractivity contribution < 1.29 is 18.7 Å². The van der Waals surface area contributed by atoms with E-state index in [1.807, 2.05) is 6.07 Å². The van der Waals surface area contributed by atoms with Crippen molar-refractivity contribution in [1.82, 2.24) is 20.6 Å². The van der Waals surface area contributed by atoms with Crippen molar-refractivity contribution in [1.29, 1.82) is 0 Å². The van der Waals surface area contributed by atoms with E-state index in [9.17, 15) is 9.18 Å². The number of nitrogens with zero attached hydrogens (tertiary/aromatic N) is 1. The Labute approximate surface area is 203 Å². The minimum absolute atomic E-state index is 0.0748. The van der Waals surface area contributed by atoms with Gasteiger partial charge in [-0.25, -0.2) is 4.39 Å². The molecule has 1 aromatic carbocycles. The van der Waals surface area contributed by atoms with Crippen LogP contribution in [0.2, 0.25) is 0 Å². The minimum atomic E-state index is -0.493. The summed E-state index contributed by atoms with van der Waals surface area (Å²) in [6.45, 7) is 6.47. The van der Waals surface area contributed by atoms with Gasteiger partial charge < -0.3 is 30.4 Å². The third-order valence-electron chi connectivity index (χ3n) is 6.56. The number of carbonyl (C=O) groups excluding carboxylic acids is 1. The molecule has 0 spiro atoms. The number of hydrogen-bond acceptors (Lipinski definition) is 6. The maximum Gasteiger partial charge on any atom is 0.255 e. The summed E-state index contributed by atoms with van der Waals surface area (Å²) in [6.07, 6.45) is 5.04. The number of fused-ring (bicyclic) bond motifs is 1. The van der Waals surface area contributed by atoms with Crippen LogP contribution in [0.25, 0.3) is 11.3 Å². The second-order valence-electron chi connectivity index (χ2n) is 9.81. The first kappa shape index (κ1) is 23.2. The van der Waals surface area contributed by atoms with Crippen molar-refractivity contribution in [2.75, 3.05) is 32.1 Å². The van der Waals surface area contributed by atoms with Crippen molar-refractivity contribution in [3.8, 4) is 22.8 Å². The van der Waals surface area contributed by atoms with Gasteiger partial charge in [-0.05, 0) is 30.0 Å². The van der Waals surface area contributed by atoms with Gasteiger partial charge in [0.05, 0.1) is 35.9 Å². The van der Waals surface area contributed by atoms with E-state index in [0.717, 1.165) is 24.2 Å². The quantitative estimate of drug-likeness (QED) is 0.409. The van der Waals surface area contributed by atoms with Crippen LogP contribution in [0.1, 0.15) is 36.3 Å². The molecule has 0 radical (unpaired) electrons. The molecule has 0 bridgehead atoms. The molecule has 3 aromatic rings. The molecular formula is C26H30FN5O3. The molecule has 4 N–H and O–H groups in total. The zero-order valence-electron chi connectivity index (χ0n) is 20.1. The van der Waals surface area contributed by atoms with Crippen molar-refractivity contribution in [2.45, 2.75) is 32.7 Å². The molecule has 1 saturated heterocycles. The number of para-hydroxylation sites is 1. The lowest BCUT2D eigenvalue weighted by atomic mass is 9.91. The molecule has 1 atom stereocenters. The van der Waals surface area contributed by atoms with Gasteiger partial charge in [-0.2, -0.15) is 0 Å². The molecule has 0 unspecified atom stereocenters. The number of aromatic nitrogens is 2. The average Bonchev–Trinajstić information content (AvgIpc) is 3.38. The van der Waals surface area contributed by atoms with Gasteiger partial charge in [-0.1, -0.05) is 19.9 Å². The largest absolute Gasteiger partial charge is 0.492 e. The summed E-state index contributed by atoms with van der Waals surface area (Å²) in [6, 6.07) is 6.73. The second-order valence-corrected chi connectivity index (χ2v) is 9.81. The summed E-state index contributed by atoms with van der Waals surface area (Å²) < 4.78 is 25.9. The molecule has 8 nitrogen and oxygen atoms in total. The first-order valence-electron chi connectivity index (χ1n) is 11.8. The van der Waals surface area contributed by atoms with Crippen molar-refractivity contribution in [2.24, 2.45) is 5.41 Å². The molecular weight excluding hydrogens is 449 g/mol. The fourth-order valence-corrected chi connectivity index (χ4v) is 4.90. The first-order chi connectivity index (χ1) is 16.9. The molecule has 0 aliphatic carbocycles. The Morgan fingerprint density at radius 1 is 1.29 bits per heavy atom. The summed E-state index contributed by atoms with van der Waals surface area (Å²) in [5, 5.41) is 9.67. The fraction of sp³-hybridized carbons (Fsp3) is 0.385. The third kappa shape index (κ3) is 4.55. The maximum atomic E-state index is 14.4. The molecule has 5 rings (SSSR count). The number of carbonyl (C=O) groups is 1. The molecule has 9 heteroatoms. The molecule has 1 fully saturated rings. The van der Waals surface area contributed by atoms with Crippen LogP contribution >= 0.6 is 0 Å². The smallest absolute Gasteiger partial charge is 0.255 e. The number of aromatic amines is 1. The van der Waals surface area contributed by atoms with Crippen LogP contribution in [-0.4, -0.2) is 48.7 Å². The summed E-state index contributed by atoms with van der Waals surface area (Å²) in [5.74, 6) is -0.00799. The predicted octanol–water partition coefficient (Wildman–Crippen LogP) is 4.02. The highest BCUT2D eigenvalue weighted by molar-refractivity contribution is 6.06. The molecule has 4 heterocycles. The van der Waals surface area contributed by atoms with E-state index < -0.39 is 5.82 Å². The van der Waals surface area contributed by atoms with Gasteiger partial charge in [0.2, 0.25) is 0 Å². The number of H-pyrrole nitrogens is 1. The van der Waals surface area contributed by atoms with Gasteiger partial charge in [0.1, 0.15) is 12.4 Å². The van der Waals surface area contributed by atoms with E-state index in [1.165, 1.54) is 13.2 Å². The van der Waals surface area contributed by atoms with Crippen LogP contribution in [0.3, 0.4) is 0 Å². The first-order valence-corrected chi connectivity index (χ1v) is 11.8. The van der Waals surface area contributed by atoms with Crippen LogP contribution in [-0.2, 0) is 6.42 Å². The van der Waals surface area contributed by atoms with Crippen molar-refractivity contribution >= 4 is 17.3 Å². The summed E-state index contributed by atoms with van der Waals surface area (Å²) >= 11 is 0. The Hall–Kier alpha value is -3.59. The van der Waals surface area contributed by atoms with E-state index >= 15 is 0 Å². The normalized spacial score (nSPS) is 18.6. The Morgan fingerprint density at radius 3 is 2.91 bits per heavy atom. The highest BCUT2D eigenvalue weighted by Gasteiger charge is 2.32. The molecule has 2 aliphatic rings. The molecule has 2 aliphatic heterocycles. The lowest BCUT2D eigenvalue weighted by Gasteiger charge is -2.18. The average molecular weight is 480 g/mol. The Balaban J connectivity index is 1.54. The maximum absolute atomic E-state index is 14.4. The lowest BCUT2D eigenvalue weighted by Crippen LogP contribution is -2.31. The van der Waals surface area contributed by atoms with Gasteiger partial charge in [0, 0.05) is 43.0 Å². The Bertz CT molecular complexity index is 1260. The van der Waals surface area contributed by atoms with Gasteiger partial charge in [-0.3, -0.25) is 9.78 Å². The SMILES string of the molecule is COc1c(F)cccc1Nc1c(-c2ccncc2OC[C@@H]2CC(C)(C)CN2)[nH]c2c1C(=O)NCC2. The number of ether oxygens (including phenoxy) is 2. The van der Waals surface area contributed by atoms with E-state index in [-0.39, 0.29) is 23.1 Å². The number of anilines is 2. The van der Waals surface area contributed by atoms with E-state index in [1.54, 1.807) is 24.5 Å². The number of rotatable bonds is 7. The summed E-state index contributed by atoms with van der Waals surface area (Å²) in [4.78, 5) is 20.6. The van der Waals surface area contributed by atoms with Gasteiger partial charge in [0.25, 0.3) is 5.91 Å². The van der Waals surface area contributed by atoms with Crippen LogP contribution in [0.5, 0.6) is 11.5 Å². The van der Waals surface area contributed by atoms with Crippen molar-refractivity contribution in [3.05, 3.63) is 53.7 Å². The Kier molecular flexibility index (Phi) is 6.10. The molecule has 35 heavy (non-hydrogen) atoms. The lowest BCUT2D eigenvalue weighted by molar-refractivity contribution is 0.0947. The molecule has 184 valence electrons. The number of amides is 1. The second kappa shape index (κ2) is 9.22. The highest BCUT2D eigenvalue weighted by Crippen LogP contribution is 2.42. The zero-order chi connectivity index (χ0) is 24.6. The monoisotopic (exact) mass is 479 g/mol. The fourth-order valence-electron chi connectivity index (χ4n) is 4.90. The van der Waals surface area contributed by atoms with Crippen molar-refractivity contribution in [3.63, 3.8) is 0 Å². The number of benzene rings is 1. The third-order valence-corrected chi connectivity index (χ3v) is 6.56. The number of nitrogens with one attached hydrogen (secondary N) is 4. The highest BCUT2D eigenvalue weighted by atomic mass is 19.1. The molecule has 1 amide bonds. The van der Waals surface area contributed by atoms with Gasteiger partial charge >= 0.3 is 0 Å². The summed E-state index contributed by atoms with van der Waals surface area (Å²) in [7, 11) is 1.41. The zero-order valence-corrected chi connectivity index (χ0v) is 20.1. The number of methoxy groups -OCH3 is 1. The van der Waals surface area contributed by atoms with E-state index in [4.69, 9.17) is 9.47 Å². The topological polar surface area (TPSA) is 100 Å². The van der Waals surface area contributed by atoms with Crippen LogP contribution < -0.4 is 25.4 Å².